The Labute approximate surface area is 275 Å². The van der Waals surface area contributed by atoms with Crippen LogP contribution in [0.25, 0.3) is 104 Å². The Balaban J connectivity index is 1.26. The van der Waals surface area contributed by atoms with E-state index in [2.05, 4.69) is 162 Å². The monoisotopic (exact) mass is 609 g/mol. The van der Waals surface area contributed by atoms with Gasteiger partial charge in [0.1, 0.15) is 11.2 Å². The van der Waals surface area contributed by atoms with Crippen molar-refractivity contribution >= 4 is 86.8 Å². The van der Waals surface area contributed by atoms with E-state index in [0.29, 0.717) is 0 Å². The lowest BCUT2D eigenvalue weighted by atomic mass is 9.87. The largest absolute Gasteiger partial charge is 0.456 e. The van der Waals surface area contributed by atoms with Crippen LogP contribution in [0.4, 0.5) is 0 Å². The van der Waals surface area contributed by atoms with E-state index in [4.69, 9.17) is 4.42 Å². The third kappa shape index (κ3) is 3.46. The van der Waals surface area contributed by atoms with Crippen LogP contribution in [-0.2, 0) is 0 Å². The second kappa shape index (κ2) is 9.57. The number of hydrogen-bond donors (Lipinski definition) is 0. The Hall–Kier alpha value is -6.38. The van der Waals surface area contributed by atoms with Crippen molar-refractivity contribution in [3.05, 3.63) is 164 Å². The summed E-state index contributed by atoms with van der Waals surface area (Å²) in [5.41, 5.74) is 7.90. The number of hydrogen-bond acceptors (Lipinski definition) is 1. The summed E-state index contributed by atoms with van der Waals surface area (Å²) in [6, 6.07) is 59.6. The molecule has 0 saturated carbocycles. The second-order valence-corrected chi connectivity index (χ2v) is 12.9. The second-order valence-electron chi connectivity index (χ2n) is 12.9. The van der Waals surface area contributed by atoms with Crippen molar-refractivity contribution in [3.8, 4) is 16.8 Å². The molecule has 0 amide bonds. The molecule has 0 radical (unpaired) electrons. The Morgan fingerprint density at radius 3 is 1.79 bits per heavy atom. The van der Waals surface area contributed by atoms with E-state index in [0.717, 1.165) is 21.9 Å². The van der Waals surface area contributed by atoms with Crippen molar-refractivity contribution < 1.29 is 4.42 Å². The first-order chi connectivity index (χ1) is 23.8. The van der Waals surface area contributed by atoms with Crippen molar-refractivity contribution in [2.45, 2.75) is 0 Å². The summed E-state index contributed by atoms with van der Waals surface area (Å²) in [7, 11) is 0. The first-order valence-corrected chi connectivity index (χ1v) is 16.5. The molecule has 2 aromatic heterocycles. The van der Waals surface area contributed by atoms with Crippen LogP contribution in [0.3, 0.4) is 0 Å². The number of rotatable bonds is 2. The topological polar surface area (TPSA) is 18.1 Å². The van der Waals surface area contributed by atoms with Crippen LogP contribution >= 0.6 is 0 Å². The van der Waals surface area contributed by atoms with Gasteiger partial charge in [0.2, 0.25) is 0 Å². The van der Waals surface area contributed by atoms with E-state index in [-0.39, 0.29) is 0 Å². The fourth-order valence-electron chi connectivity index (χ4n) is 8.27. The molecule has 0 saturated heterocycles. The van der Waals surface area contributed by atoms with Crippen molar-refractivity contribution in [1.29, 1.82) is 0 Å². The standard InChI is InChI=1S/C46H27NO/c1-2-12-29(13-3-1)47-42-20-10-8-17-33(42)38-24-28(22-23-43(38)47)36-25-40-31-15-5-4-14-30(31)37-26-39-34-18-9-11-21-44(34)48-45(39)27-41(37)46(40)35-19-7-6-16-32(35)36/h1-27H. The van der Waals surface area contributed by atoms with Crippen LogP contribution in [0.15, 0.2) is 168 Å². The number of aromatic nitrogens is 1. The zero-order valence-corrected chi connectivity index (χ0v) is 25.9. The van der Waals surface area contributed by atoms with E-state index in [1.807, 2.05) is 6.07 Å². The number of nitrogens with zero attached hydrogens (tertiary/aromatic N) is 1. The maximum atomic E-state index is 6.43. The molecule has 11 rings (SSSR count). The van der Waals surface area contributed by atoms with Crippen LogP contribution in [0.1, 0.15) is 0 Å². The minimum Gasteiger partial charge on any atom is -0.456 e. The quantitative estimate of drug-likeness (QED) is 0.178. The van der Waals surface area contributed by atoms with Gasteiger partial charge in [-0.05, 0) is 109 Å². The molecule has 0 fully saturated rings. The van der Waals surface area contributed by atoms with Gasteiger partial charge in [-0.25, -0.2) is 0 Å². The molecule has 0 atom stereocenters. The van der Waals surface area contributed by atoms with Gasteiger partial charge in [-0.1, -0.05) is 109 Å². The minimum atomic E-state index is 0.924. The molecule has 9 aromatic carbocycles. The highest BCUT2D eigenvalue weighted by molar-refractivity contribution is 6.34. The summed E-state index contributed by atoms with van der Waals surface area (Å²) in [5, 5.41) is 14.9. The minimum absolute atomic E-state index is 0.924. The lowest BCUT2D eigenvalue weighted by molar-refractivity contribution is 0.669. The van der Waals surface area contributed by atoms with Crippen LogP contribution in [0, 0.1) is 0 Å². The number of fused-ring (bicyclic) bond motifs is 14. The highest BCUT2D eigenvalue weighted by Crippen LogP contribution is 2.45. The van der Waals surface area contributed by atoms with Gasteiger partial charge in [0.05, 0.1) is 11.0 Å². The summed E-state index contributed by atoms with van der Waals surface area (Å²) in [6.07, 6.45) is 0. The predicted octanol–water partition coefficient (Wildman–Crippen LogP) is 13.0. The van der Waals surface area contributed by atoms with Crippen molar-refractivity contribution in [3.63, 3.8) is 0 Å². The normalized spacial score (nSPS) is 12.2. The molecule has 2 nitrogen and oxygen atoms in total. The van der Waals surface area contributed by atoms with Crippen molar-refractivity contribution in [2.75, 3.05) is 0 Å². The molecule has 0 aliphatic heterocycles. The van der Waals surface area contributed by atoms with Crippen molar-refractivity contribution in [2.24, 2.45) is 0 Å². The van der Waals surface area contributed by atoms with Gasteiger partial charge in [0, 0.05) is 27.2 Å². The highest BCUT2D eigenvalue weighted by atomic mass is 16.3. The molecule has 11 aromatic rings. The predicted molar refractivity (Wildman–Crippen MR) is 204 cm³/mol. The molecule has 0 spiro atoms. The number of para-hydroxylation sites is 3. The Morgan fingerprint density at radius 1 is 0.333 bits per heavy atom. The Kier molecular flexibility index (Phi) is 5.14. The number of benzene rings is 9. The molecule has 2 heterocycles. The fourth-order valence-corrected chi connectivity index (χ4v) is 8.27. The molecule has 0 aliphatic rings. The molecule has 2 heteroatoms. The van der Waals surface area contributed by atoms with E-state index >= 15 is 0 Å². The third-order valence-corrected chi connectivity index (χ3v) is 10.3. The molecule has 0 unspecified atom stereocenters. The van der Waals surface area contributed by atoms with Gasteiger partial charge in [0.25, 0.3) is 0 Å². The Morgan fingerprint density at radius 2 is 0.958 bits per heavy atom. The SMILES string of the molecule is c1ccc(-n2c3ccccc3c3cc(-c4cc5c6ccccc6c6cc7c(cc6c5c5ccccc45)oc4ccccc47)ccc32)cc1. The third-order valence-electron chi connectivity index (χ3n) is 10.3. The van der Waals surface area contributed by atoms with Crippen LogP contribution in [0.2, 0.25) is 0 Å². The van der Waals surface area contributed by atoms with Gasteiger partial charge in [-0.2, -0.15) is 0 Å². The van der Waals surface area contributed by atoms with E-state index in [9.17, 15) is 0 Å². The molecule has 0 aliphatic carbocycles. The summed E-state index contributed by atoms with van der Waals surface area (Å²) in [6.45, 7) is 0. The summed E-state index contributed by atoms with van der Waals surface area (Å²) >= 11 is 0. The molecule has 0 bridgehead atoms. The molecular weight excluding hydrogens is 583 g/mol. The zero-order chi connectivity index (χ0) is 31.3. The van der Waals surface area contributed by atoms with Gasteiger partial charge in [-0.3, -0.25) is 0 Å². The zero-order valence-electron chi connectivity index (χ0n) is 25.9. The summed E-state index contributed by atoms with van der Waals surface area (Å²) in [5.74, 6) is 0. The number of furan rings is 1. The van der Waals surface area contributed by atoms with E-state index < -0.39 is 0 Å². The lowest BCUT2D eigenvalue weighted by Crippen LogP contribution is -1.93. The fraction of sp³-hybridized carbons (Fsp3) is 0. The molecule has 0 N–H and O–H groups in total. The smallest absolute Gasteiger partial charge is 0.136 e. The van der Waals surface area contributed by atoms with Crippen LogP contribution < -0.4 is 0 Å². The van der Waals surface area contributed by atoms with Gasteiger partial charge in [0.15, 0.2) is 0 Å². The maximum absolute atomic E-state index is 6.43. The maximum Gasteiger partial charge on any atom is 0.136 e. The van der Waals surface area contributed by atoms with Gasteiger partial charge < -0.3 is 8.98 Å². The first-order valence-electron chi connectivity index (χ1n) is 16.5. The van der Waals surface area contributed by atoms with Gasteiger partial charge in [-0.15, -0.1) is 0 Å². The highest BCUT2D eigenvalue weighted by Gasteiger charge is 2.19. The molecule has 48 heavy (non-hydrogen) atoms. The average molecular weight is 610 g/mol. The van der Waals surface area contributed by atoms with Crippen molar-refractivity contribution in [1.82, 2.24) is 4.57 Å². The van der Waals surface area contributed by atoms with E-state index in [1.165, 1.54) is 81.7 Å². The average Bonchev–Trinajstić information content (AvgIpc) is 3.69. The summed E-state index contributed by atoms with van der Waals surface area (Å²) in [4.78, 5) is 0. The summed E-state index contributed by atoms with van der Waals surface area (Å²) < 4.78 is 8.81. The van der Waals surface area contributed by atoms with Crippen LogP contribution in [0.5, 0.6) is 0 Å². The lowest BCUT2D eigenvalue weighted by Gasteiger charge is -2.16. The molecular formula is C46H27NO. The van der Waals surface area contributed by atoms with Crippen LogP contribution in [-0.4, -0.2) is 4.57 Å². The van der Waals surface area contributed by atoms with E-state index in [1.54, 1.807) is 0 Å². The van der Waals surface area contributed by atoms with Gasteiger partial charge >= 0.3 is 0 Å². The Bertz CT molecular complexity index is 3110. The first kappa shape index (κ1) is 25.8. The molecule has 222 valence electrons.